The van der Waals surface area contributed by atoms with Gasteiger partial charge in [-0.2, -0.15) is 0 Å². The van der Waals surface area contributed by atoms with Gasteiger partial charge >= 0.3 is 0 Å². The van der Waals surface area contributed by atoms with E-state index in [2.05, 4.69) is 29.8 Å². The van der Waals surface area contributed by atoms with Crippen LogP contribution in [0.4, 0.5) is 0 Å². The minimum Gasteiger partial charge on any atom is -0.342 e. The third-order valence-corrected chi connectivity index (χ3v) is 4.41. The molecular weight excluding hydrogens is 244 g/mol. The molecule has 1 fully saturated rings. The molecule has 1 N–H and O–H groups in total. The number of carbonyl (C=O) groups excluding carboxylic acids is 1. The van der Waals surface area contributed by atoms with Crippen LogP contribution in [0, 0.1) is 0 Å². The normalized spacial score (nSPS) is 17.1. The van der Waals surface area contributed by atoms with E-state index in [0.29, 0.717) is 12.6 Å². The fourth-order valence-corrected chi connectivity index (χ4v) is 3.25. The summed E-state index contributed by atoms with van der Waals surface area (Å²) in [6, 6.07) is 4.56. The van der Waals surface area contributed by atoms with Gasteiger partial charge in [-0.1, -0.05) is 19.4 Å². The molecule has 1 aliphatic rings. The standard InChI is InChI=1S/C14H22N2OS/c1-2-6-12(13-7-5-10-18-13)15-11-14(17)16-8-3-4-9-16/h5,7,10,12,15H,2-4,6,8-9,11H2,1H3. The first-order valence-corrected chi connectivity index (χ1v) is 7.73. The Kier molecular flexibility index (Phi) is 5.20. The summed E-state index contributed by atoms with van der Waals surface area (Å²) in [5.74, 6) is 0.255. The van der Waals surface area contributed by atoms with E-state index < -0.39 is 0 Å². The molecule has 0 aromatic carbocycles. The van der Waals surface area contributed by atoms with Crippen molar-refractivity contribution in [3.8, 4) is 0 Å². The zero-order valence-electron chi connectivity index (χ0n) is 11.0. The molecule has 0 spiro atoms. The predicted octanol–water partition coefficient (Wildman–Crippen LogP) is 2.80. The molecule has 3 nitrogen and oxygen atoms in total. The number of rotatable bonds is 6. The average Bonchev–Trinajstić information content (AvgIpc) is 3.04. The Morgan fingerprint density at radius 2 is 2.28 bits per heavy atom. The third-order valence-electron chi connectivity index (χ3n) is 3.42. The Bertz CT molecular complexity index is 358. The number of hydrogen-bond acceptors (Lipinski definition) is 3. The van der Waals surface area contributed by atoms with E-state index in [1.54, 1.807) is 11.3 Å². The fourth-order valence-electron chi connectivity index (χ4n) is 2.41. The van der Waals surface area contributed by atoms with Gasteiger partial charge in [-0.15, -0.1) is 11.3 Å². The highest BCUT2D eigenvalue weighted by Crippen LogP contribution is 2.23. The molecule has 0 aliphatic carbocycles. The van der Waals surface area contributed by atoms with Gasteiger partial charge in [0.25, 0.3) is 0 Å². The van der Waals surface area contributed by atoms with Crippen molar-refractivity contribution < 1.29 is 4.79 Å². The zero-order valence-corrected chi connectivity index (χ0v) is 11.8. The summed E-state index contributed by atoms with van der Waals surface area (Å²) in [7, 11) is 0. The highest BCUT2D eigenvalue weighted by molar-refractivity contribution is 7.10. The van der Waals surface area contributed by atoms with E-state index in [9.17, 15) is 4.79 Å². The van der Waals surface area contributed by atoms with Crippen LogP contribution >= 0.6 is 11.3 Å². The fraction of sp³-hybridized carbons (Fsp3) is 0.643. The maximum absolute atomic E-state index is 12.0. The van der Waals surface area contributed by atoms with Gasteiger partial charge in [-0.05, 0) is 30.7 Å². The molecule has 1 aliphatic heterocycles. The molecule has 2 rings (SSSR count). The predicted molar refractivity (Wildman–Crippen MR) is 75.8 cm³/mol. The summed E-state index contributed by atoms with van der Waals surface area (Å²) in [5, 5.41) is 5.52. The average molecular weight is 266 g/mol. The van der Waals surface area contributed by atoms with E-state index in [-0.39, 0.29) is 5.91 Å². The molecule has 100 valence electrons. The molecular formula is C14H22N2OS. The summed E-state index contributed by atoms with van der Waals surface area (Å²) in [6.07, 6.45) is 4.55. The van der Waals surface area contributed by atoms with Crippen molar-refractivity contribution in [1.82, 2.24) is 10.2 Å². The highest BCUT2D eigenvalue weighted by atomic mass is 32.1. The minimum atomic E-state index is 0.255. The number of nitrogens with one attached hydrogen (secondary N) is 1. The van der Waals surface area contributed by atoms with Crippen LogP contribution < -0.4 is 5.32 Å². The first-order valence-electron chi connectivity index (χ1n) is 6.86. The van der Waals surface area contributed by atoms with Crippen molar-refractivity contribution in [2.24, 2.45) is 0 Å². The lowest BCUT2D eigenvalue weighted by atomic mass is 10.1. The van der Waals surface area contributed by atoms with Crippen LogP contribution in [0.25, 0.3) is 0 Å². The molecule has 0 saturated carbocycles. The SMILES string of the molecule is CCCC(NCC(=O)N1CCCC1)c1cccs1. The van der Waals surface area contributed by atoms with Gasteiger partial charge in [0, 0.05) is 24.0 Å². The third kappa shape index (κ3) is 3.56. The van der Waals surface area contributed by atoms with E-state index in [4.69, 9.17) is 0 Å². The van der Waals surface area contributed by atoms with Crippen LogP contribution in [0.3, 0.4) is 0 Å². The largest absolute Gasteiger partial charge is 0.342 e. The lowest BCUT2D eigenvalue weighted by molar-refractivity contribution is -0.129. The lowest BCUT2D eigenvalue weighted by Gasteiger charge is -2.20. The van der Waals surface area contributed by atoms with Gasteiger partial charge in [0.15, 0.2) is 0 Å². The van der Waals surface area contributed by atoms with Crippen molar-refractivity contribution in [3.63, 3.8) is 0 Å². The number of carbonyl (C=O) groups is 1. The van der Waals surface area contributed by atoms with Gasteiger partial charge in [0.05, 0.1) is 6.54 Å². The van der Waals surface area contributed by atoms with Crippen molar-refractivity contribution in [2.75, 3.05) is 19.6 Å². The summed E-state index contributed by atoms with van der Waals surface area (Å²) >= 11 is 1.77. The molecule has 4 heteroatoms. The van der Waals surface area contributed by atoms with E-state index in [1.165, 1.54) is 4.88 Å². The van der Waals surface area contributed by atoms with Crippen LogP contribution in [0.2, 0.25) is 0 Å². The quantitative estimate of drug-likeness (QED) is 0.858. The Morgan fingerprint density at radius 1 is 1.50 bits per heavy atom. The van der Waals surface area contributed by atoms with Crippen LogP contribution in [0.5, 0.6) is 0 Å². The van der Waals surface area contributed by atoms with Gasteiger partial charge in [-0.3, -0.25) is 4.79 Å². The minimum absolute atomic E-state index is 0.255. The Balaban J connectivity index is 1.83. The molecule has 1 atom stereocenters. The number of likely N-dealkylation sites (tertiary alicyclic amines) is 1. The van der Waals surface area contributed by atoms with Crippen LogP contribution in [-0.2, 0) is 4.79 Å². The second-order valence-corrected chi connectivity index (χ2v) is 5.80. The molecule has 1 unspecified atom stereocenters. The molecule has 0 bridgehead atoms. The number of nitrogens with zero attached hydrogens (tertiary/aromatic N) is 1. The summed E-state index contributed by atoms with van der Waals surface area (Å²) in [6.45, 7) is 4.54. The van der Waals surface area contributed by atoms with Crippen LogP contribution in [0.1, 0.15) is 43.5 Å². The molecule has 0 radical (unpaired) electrons. The summed E-state index contributed by atoms with van der Waals surface area (Å²) in [5.41, 5.74) is 0. The summed E-state index contributed by atoms with van der Waals surface area (Å²) in [4.78, 5) is 15.3. The summed E-state index contributed by atoms with van der Waals surface area (Å²) < 4.78 is 0. The number of amides is 1. The Hall–Kier alpha value is -0.870. The monoisotopic (exact) mass is 266 g/mol. The first-order chi connectivity index (χ1) is 8.81. The van der Waals surface area contributed by atoms with Gasteiger partial charge < -0.3 is 10.2 Å². The molecule has 1 aromatic heterocycles. The molecule has 1 saturated heterocycles. The van der Waals surface area contributed by atoms with E-state index in [1.807, 2.05) is 4.90 Å². The second-order valence-electron chi connectivity index (χ2n) is 4.83. The number of thiophene rings is 1. The van der Waals surface area contributed by atoms with Crippen molar-refractivity contribution >= 4 is 17.2 Å². The first kappa shape index (κ1) is 13.6. The van der Waals surface area contributed by atoms with Crippen molar-refractivity contribution in [3.05, 3.63) is 22.4 Å². The maximum Gasteiger partial charge on any atom is 0.236 e. The Morgan fingerprint density at radius 3 is 2.89 bits per heavy atom. The number of hydrogen-bond donors (Lipinski definition) is 1. The van der Waals surface area contributed by atoms with Gasteiger partial charge in [0.2, 0.25) is 5.91 Å². The maximum atomic E-state index is 12.0. The molecule has 1 aromatic rings. The van der Waals surface area contributed by atoms with E-state index in [0.717, 1.165) is 38.8 Å². The van der Waals surface area contributed by atoms with Gasteiger partial charge in [-0.25, -0.2) is 0 Å². The van der Waals surface area contributed by atoms with Crippen molar-refractivity contribution in [2.45, 2.75) is 38.6 Å². The van der Waals surface area contributed by atoms with Crippen molar-refractivity contribution in [1.29, 1.82) is 0 Å². The molecule has 2 heterocycles. The van der Waals surface area contributed by atoms with Crippen LogP contribution in [0.15, 0.2) is 17.5 Å². The Labute approximate surface area is 113 Å². The smallest absolute Gasteiger partial charge is 0.236 e. The second kappa shape index (κ2) is 6.90. The lowest BCUT2D eigenvalue weighted by Crippen LogP contribution is -2.37. The molecule has 1 amide bonds. The van der Waals surface area contributed by atoms with E-state index >= 15 is 0 Å². The molecule has 18 heavy (non-hydrogen) atoms. The van der Waals surface area contributed by atoms with Crippen LogP contribution in [-0.4, -0.2) is 30.4 Å². The topological polar surface area (TPSA) is 32.3 Å². The highest BCUT2D eigenvalue weighted by Gasteiger charge is 2.19. The zero-order chi connectivity index (χ0) is 12.8. The van der Waals surface area contributed by atoms with Gasteiger partial charge in [0.1, 0.15) is 0 Å².